The lowest BCUT2D eigenvalue weighted by atomic mass is 10.0. The topological polar surface area (TPSA) is 85.1 Å². The Morgan fingerprint density at radius 2 is 2.20 bits per heavy atom. The zero-order valence-electron chi connectivity index (χ0n) is 15.0. The summed E-state index contributed by atoms with van der Waals surface area (Å²) in [4.78, 5) is 28.4. The molecule has 0 N–H and O–H groups in total. The zero-order valence-corrected chi connectivity index (χ0v) is 15.0. The average molecular weight is 351 g/mol. The van der Waals surface area contributed by atoms with Crippen molar-refractivity contribution in [1.29, 1.82) is 0 Å². The lowest BCUT2D eigenvalue weighted by Gasteiger charge is -2.43. The van der Waals surface area contributed by atoms with Crippen LogP contribution in [0.4, 0.5) is 0 Å². The number of rotatable bonds is 3. The first-order chi connectivity index (χ1) is 11.9. The van der Waals surface area contributed by atoms with Crippen LogP contribution in [-0.4, -0.2) is 77.9 Å². The van der Waals surface area contributed by atoms with E-state index < -0.39 is 5.60 Å². The van der Waals surface area contributed by atoms with Crippen molar-refractivity contribution < 1.29 is 23.6 Å². The fourth-order valence-corrected chi connectivity index (χ4v) is 3.27. The van der Waals surface area contributed by atoms with Crippen molar-refractivity contribution >= 4 is 11.8 Å². The van der Waals surface area contributed by atoms with Crippen LogP contribution in [0.1, 0.15) is 37.0 Å². The number of hydrogen-bond donors (Lipinski definition) is 0. The van der Waals surface area contributed by atoms with Crippen LogP contribution in [0.5, 0.6) is 0 Å². The highest BCUT2D eigenvalue weighted by Crippen LogP contribution is 2.25. The number of aryl methyl sites for hydroxylation is 1. The average Bonchev–Trinajstić information content (AvgIpc) is 3.02. The molecule has 0 aliphatic carbocycles. The van der Waals surface area contributed by atoms with Crippen LogP contribution >= 0.6 is 0 Å². The van der Waals surface area contributed by atoms with E-state index in [1.807, 2.05) is 20.8 Å². The van der Waals surface area contributed by atoms with E-state index in [4.69, 9.17) is 14.0 Å². The van der Waals surface area contributed by atoms with Gasteiger partial charge in [0.05, 0.1) is 26.3 Å². The summed E-state index contributed by atoms with van der Waals surface area (Å²) in [5.74, 6) is 0.446. The lowest BCUT2D eigenvalue weighted by molar-refractivity contribution is -0.140. The van der Waals surface area contributed by atoms with Crippen LogP contribution in [-0.2, 0) is 20.7 Å². The van der Waals surface area contributed by atoms with E-state index in [0.29, 0.717) is 44.1 Å². The van der Waals surface area contributed by atoms with Gasteiger partial charge >= 0.3 is 0 Å². The molecule has 1 aromatic rings. The molecular weight excluding hydrogens is 326 g/mol. The van der Waals surface area contributed by atoms with Gasteiger partial charge in [0.1, 0.15) is 18.0 Å². The van der Waals surface area contributed by atoms with Gasteiger partial charge in [-0.15, -0.1) is 0 Å². The number of ether oxygens (including phenoxy) is 2. The standard InChI is InChI=1S/C17H25N3O5/c1-4-13-7-14(18-25-13)16(22)19-5-6-24-17(9-19)10-20(12(2)3)15(21)8-23-11-17/h7,12H,4-6,8-11H2,1-3H3. The van der Waals surface area contributed by atoms with Gasteiger partial charge in [-0.1, -0.05) is 12.1 Å². The maximum absolute atomic E-state index is 12.7. The molecule has 3 rings (SSSR count). The van der Waals surface area contributed by atoms with E-state index in [9.17, 15) is 9.59 Å². The third-order valence-electron chi connectivity index (χ3n) is 4.66. The Bertz CT molecular complexity index is 644. The van der Waals surface area contributed by atoms with E-state index in [1.165, 1.54) is 0 Å². The number of hydrogen-bond acceptors (Lipinski definition) is 6. The lowest BCUT2D eigenvalue weighted by Crippen LogP contribution is -2.60. The van der Waals surface area contributed by atoms with Crippen LogP contribution in [0.25, 0.3) is 0 Å². The Labute approximate surface area is 147 Å². The number of amides is 2. The van der Waals surface area contributed by atoms with Gasteiger partial charge in [0.15, 0.2) is 5.69 Å². The first kappa shape index (κ1) is 17.9. The number of morpholine rings is 1. The Morgan fingerprint density at radius 3 is 2.88 bits per heavy atom. The van der Waals surface area contributed by atoms with Crippen LogP contribution in [0.3, 0.4) is 0 Å². The first-order valence-corrected chi connectivity index (χ1v) is 8.70. The molecule has 1 spiro atoms. The third kappa shape index (κ3) is 3.69. The van der Waals surface area contributed by atoms with Crippen LogP contribution < -0.4 is 0 Å². The smallest absolute Gasteiger partial charge is 0.276 e. The first-order valence-electron chi connectivity index (χ1n) is 8.70. The quantitative estimate of drug-likeness (QED) is 0.798. The third-order valence-corrected chi connectivity index (χ3v) is 4.66. The van der Waals surface area contributed by atoms with Crippen LogP contribution in [0, 0.1) is 0 Å². The molecule has 2 saturated heterocycles. The Kier molecular flexibility index (Phi) is 5.10. The van der Waals surface area contributed by atoms with Gasteiger partial charge in [-0.2, -0.15) is 0 Å². The Hall–Kier alpha value is -1.93. The fourth-order valence-electron chi connectivity index (χ4n) is 3.27. The highest BCUT2D eigenvalue weighted by atomic mass is 16.5. The van der Waals surface area contributed by atoms with E-state index in [2.05, 4.69) is 5.16 Å². The summed E-state index contributed by atoms with van der Waals surface area (Å²) in [6.07, 6.45) is 0.687. The molecule has 0 saturated carbocycles. The number of carbonyl (C=O) groups excluding carboxylic acids is 2. The maximum atomic E-state index is 12.7. The summed E-state index contributed by atoms with van der Waals surface area (Å²) in [6, 6.07) is 1.72. The molecule has 8 nitrogen and oxygen atoms in total. The normalized spacial score (nSPS) is 24.9. The van der Waals surface area contributed by atoms with Gasteiger partial charge in [-0.05, 0) is 13.8 Å². The molecule has 3 heterocycles. The molecule has 2 aliphatic rings. The Balaban J connectivity index is 1.77. The SMILES string of the molecule is CCc1cc(C(=O)N2CCOC3(COCC(=O)N(C(C)C)C3)C2)no1. The predicted molar refractivity (Wildman–Crippen MR) is 88.1 cm³/mol. The van der Waals surface area contributed by atoms with Crippen LogP contribution in [0.15, 0.2) is 10.6 Å². The summed E-state index contributed by atoms with van der Waals surface area (Å²) >= 11 is 0. The molecule has 1 atom stereocenters. The zero-order chi connectivity index (χ0) is 18.0. The minimum Gasteiger partial charge on any atom is -0.368 e. The van der Waals surface area contributed by atoms with Crippen molar-refractivity contribution in [3.05, 3.63) is 17.5 Å². The molecule has 2 amide bonds. The van der Waals surface area contributed by atoms with Crippen molar-refractivity contribution in [3.63, 3.8) is 0 Å². The molecular formula is C17H25N3O5. The van der Waals surface area contributed by atoms with Gasteiger partial charge in [0, 0.05) is 25.1 Å². The van der Waals surface area contributed by atoms with Gasteiger partial charge in [0.25, 0.3) is 5.91 Å². The van der Waals surface area contributed by atoms with Gasteiger partial charge < -0.3 is 23.8 Å². The summed E-state index contributed by atoms with van der Waals surface area (Å²) in [5.41, 5.74) is -0.401. The minimum atomic E-state index is -0.707. The van der Waals surface area contributed by atoms with Gasteiger partial charge in [-0.25, -0.2) is 0 Å². The van der Waals surface area contributed by atoms with Gasteiger partial charge in [0.2, 0.25) is 5.91 Å². The minimum absolute atomic E-state index is 0.0420. The van der Waals surface area contributed by atoms with E-state index in [-0.39, 0.29) is 31.1 Å². The summed E-state index contributed by atoms with van der Waals surface area (Å²) < 4.78 is 16.7. The van der Waals surface area contributed by atoms with Crippen LogP contribution in [0.2, 0.25) is 0 Å². The second kappa shape index (κ2) is 7.13. The molecule has 1 unspecified atom stereocenters. The van der Waals surface area contributed by atoms with Crippen molar-refractivity contribution in [2.24, 2.45) is 0 Å². The summed E-state index contributed by atoms with van der Waals surface area (Å²) in [7, 11) is 0. The molecule has 2 fully saturated rings. The monoisotopic (exact) mass is 351 g/mol. The number of carbonyl (C=O) groups is 2. The molecule has 0 bridgehead atoms. The van der Waals surface area contributed by atoms with Crippen molar-refractivity contribution in [2.45, 2.75) is 38.8 Å². The second-order valence-electron chi connectivity index (χ2n) is 6.90. The number of aromatic nitrogens is 1. The molecule has 2 aliphatic heterocycles. The molecule has 0 radical (unpaired) electrons. The molecule has 1 aromatic heterocycles. The number of nitrogens with zero attached hydrogens (tertiary/aromatic N) is 3. The van der Waals surface area contributed by atoms with Crippen molar-refractivity contribution in [3.8, 4) is 0 Å². The van der Waals surface area contributed by atoms with Gasteiger partial charge in [-0.3, -0.25) is 9.59 Å². The van der Waals surface area contributed by atoms with E-state index in [1.54, 1.807) is 15.9 Å². The summed E-state index contributed by atoms with van der Waals surface area (Å²) in [5, 5.41) is 3.87. The molecule has 138 valence electrons. The van der Waals surface area contributed by atoms with E-state index >= 15 is 0 Å². The highest BCUT2D eigenvalue weighted by molar-refractivity contribution is 5.92. The fraction of sp³-hybridized carbons (Fsp3) is 0.706. The molecule has 25 heavy (non-hydrogen) atoms. The van der Waals surface area contributed by atoms with E-state index in [0.717, 1.165) is 0 Å². The maximum Gasteiger partial charge on any atom is 0.276 e. The largest absolute Gasteiger partial charge is 0.368 e. The second-order valence-corrected chi connectivity index (χ2v) is 6.90. The molecule has 0 aromatic carbocycles. The molecule has 8 heteroatoms. The highest BCUT2D eigenvalue weighted by Gasteiger charge is 2.44. The van der Waals surface area contributed by atoms with Crippen molar-refractivity contribution in [1.82, 2.24) is 15.0 Å². The summed E-state index contributed by atoms with van der Waals surface area (Å²) in [6.45, 7) is 7.83. The van der Waals surface area contributed by atoms with Crippen molar-refractivity contribution in [2.75, 3.05) is 39.5 Å². The Morgan fingerprint density at radius 1 is 1.40 bits per heavy atom. The predicted octanol–water partition coefficient (Wildman–Crippen LogP) is 0.715.